The van der Waals surface area contributed by atoms with E-state index in [2.05, 4.69) is 5.32 Å². The van der Waals surface area contributed by atoms with Crippen LogP contribution in [0.25, 0.3) is 10.8 Å². The summed E-state index contributed by atoms with van der Waals surface area (Å²) in [6.07, 6.45) is 0.101. The van der Waals surface area contributed by atoms with Crippen molar-refractivity contribution in [3.8, 4) is 5.75 Å². The van der Waals surface area contributed by atoms with Gasteiger partial charge in [0.25, 0.3) is 5.91 Å². The van der Waals surface area contributed by atoms with Crippen LogP contribution in [0, 0.1) is 0 Å². The molecule has 0 fully saturated rings. The first kappa shape index (κ1) is 22.4. The Morgan fingerprint density at radius 1 is 1.00 bits per heavy atom. The summed E-state index contributed by atoms with van der Waals surface area (Å²) in [6.45, 7) is -0.532. The van der Waals surface area contributed by atoms with E-state index in [9.17, 15) is 24.6 Å². The molecule has 0 aliphatic rings. The second-order valence-corrected chi connectivity index (χ2v) is 7.55. The Kier molecular flexibility index (Phi) is 6.99. The maximum atomic E-state index is 12.3. The fraction of sp³-hybridized carbons (Fsp3) is 0.136. The minimum atomic E-state index is -1.19. The van der Waals surface area contributed by atoms with Gasteiger partial charge in [-0.3, -0.25) is 4.79 Å². The normalized spacial score (nSPS) is 11.7. The number of amides is 1. The number of rotatable bonds is 8. The molecule has 0 saturated carbocycles. The quantitative estimate of drug-likeness (QED) is 0.466. The van der Waals surface area contributed by atoms with Gasteiger partial charge in [-0.25, -0.2) is 9.59 Å². The Morgan fingerprint density at radius 3 is 2.35 bits per heavy atom. The van der Waals surface area contributed by atoms with Crippen LogP contribution in [0.4, 0.5) is 0 Å². The molecule has 0 saturated heterocycles. The summed E-state index contributed by atoms with van der Waals surface area (Å²) < 4.78 is 5.53. The van der Waals surface area contributed by atoms with Crippen molar-refractivity contribution in [1.82, 2.24) is 5.32 Å². The van der Waals surface area contributed by atoms with Crippen LogP contribution in [-0.2, 0) is 16.0 Å². The Bertz CT molecular complexity index is 1150. The first-order valence-electron chi connectivity index (χ1n) is 9.09. The van der Waals surface area contributed by atoms with Crippen LogP contribution in [0.1, 0.15) is 15.9 Å². The van der Waals surface area contributed by atoms with Gasteiger partial charge in [0.1, 0.15) is 11.8 Å². The van der Waals surface area contributed by atoms with Crippen LogP contribution in [-0.4, -0.2) is 40.7 Å². The lowest BCUT2D eigenvalue weighted by Crippen LogP contribution is -2.44. The highest BCUT2D eigenvalue weighted by Gasteiger charge is 2.21. The van der Waals surface area contributed by atoms with Gasteiger partial charge >= 0.3 is 11.9 Å². The minimum Gasteiger partial charge on any atom is -0.483 e. The maximum absolute atomic E-state index is 12.3. The number of ether oxygens (including phenoxy) is 1. The number of carboxylic acids is 2. The van der Waals surface area contributed by atoms with Crippen molar-refractivity contribution in [3.63, 3.8) is 0 Å². The molecule has 3 aromatic carbocycles. The molecule has 31 heavy (non-hydrogen) atoms. The van der Waals surface area contributed by atoms with Crippen molar-refractivity contribution < 1.29 is 29.3 Å². The average molecular weight is 462 g/mol. The molecule has 3 aromatic rings. The number of aliphatic carboxylic acids is 1. The summed E-state index contributed by atoms with van der Waals surface area (Å²) in [5, 5.41) is 22.5. The molecule has 0 aliphatic heterocycles. The Labute approximate surface area is 187 Å². The zero-order valence-electron chi connectivity index (χ0n) is 16.0. The number of halogens is 2. The molecule has 9 heteroatoms. The summed E-state index contributed by atoms with van der Waals surface area (Å²) >= 11 is 12.2. The SMILES string of the molecule is O=C(COc1cc(C(=O)O)cc2cc(Cl)cc(Cl)c12)NC(Cc1ccccc1)C(=O)O. The van der Waals surface area contributed by atoms with E-state index in [0.717, 1.165) is 5.56 Å². The molecule has 7 nitrogen and oxygen atoms in total. The van der Waals surface area contributed by atoms with Crippen molar-refractivity contribution in [2.24, 2.45) is 0 Å². The van der Waals surface area contributed by atoms with Gasteiger partial charge in [-0.15, -0.1) is 0 Å². The lowest BCUT2D eigenvalue weighted by Gasteiger charge is -2.16. The molecule has 0 bridgehead atoms. The number of hydrogen-bond acceptors (Lipinski definition) is 4. The van der Waals surface area contributed by atoms with Gasteiger partial charge < -0.3 is 20.3 Å². The predicted octanol–water partition coefficient (Wildman–Crippen LogP) is 4.04. The molecule has 1 unspecified atom stereocenters. The number of carbonyl (C=O) groups excluding carboxylic acids is 1. The van der Waals surface area contributed by atoms with Crippen molar-refractivity contribution in [1.29, 1.82) is 0 Å². The summed E-state index contributed by atoms with van der Waals surface area (Å²) in [7, 11) is 0. The molecule has 0 aliphatic carbocycles. The lowest BCUT2D eigenvalue weighted by molar-refractivity contribution is -0.142. The molecule has 0 radical (unpaired) electrons. The number of hydrogen-bond donors (Lipinski definition) is 3. The van der Waals surface area contributed by atoms with Crippen molar-refractivity contribution in [2.45, 2.75) is 12.5 Å². The summed E-state index contributed by atoms with van der Waals surface area (Å²) in [5.74, 6) is -2.99. The number of carboxylic acid groups (broad SMARTS) is 2. The van der Waals surface area contributed by atoms with Crippen molar-refractivity contribution in [2.75, 3.05) is 6.61 Å². The Balaban J connectivity index is 1.78. The third-order valence-corrected chi connectivity index (χ3v) is 4.97. The highest BCUT2D eigenvalue weighted by molar-refractivity contribution is 6.39. The molecule has 160 valence electrons. The average Bonchev–Trinajstić information content (AvgIpc) is 2.71. The van der Waals surface area contributed by atoms with Crippen LogP contribution < -0.4 is 10.1 Å². The largest absolute Gasteiger partial charge is 0.483 e. The highest BCUT2D eigenvalue weighted by atomic mass is 35.5. The van der Waals surface area contributed by atoms with Gasteiger partial charge in [0.05, 0.1) is 10.6 Å². The van der Waals surface area contributed by atoms with E-state index in [0.29, 0.717) is 15.8 Å². The van der Waals surface area contributed by atoms with E-state index in [4.69, 9.17) is 27.9 Å². The predicted molar refractivity (Wildman–Crippen MR) is 116 cm³/mol. The highest BCUT2D eigenvalue weighted by Crippen LogP contribution is 2.36. The molecule has 0 heterocycles. The van der Waals surface area contributed by atoms with Gasteiger partial charge in [0.15, 0.2) is 6.61 Å². The molecule has 1 amide bonds. The Hall–Kier alpha value is -3.29. The topological polar surface area (TPSA) is 113 Å². The number of aromatic carboxylic acids is 1. The standard InChI is InChI=1S/C22H17Cl2NO6/c23-15-8-13-7-14(21(27)28)9-18(20(13)16(24)10-15)31-11-19(26)25-17(22(29)30)6-12-4-2-1-3-5-12/h1-5,7-10,17H,6,11H2,(H,25,26)(H,27,28)(H,29,30). The van der Waals surface area contributed by atoms with Crippen LogP contribution in [0.3, 0.4) is 0 Å². The third kappa shape index (κ3) is 5.65. The maximum Gasteiger partial charge on any atom is 0.335 e. The van der Waals surface area contributed by atoms with E-state index in [1.165, 1.54) is 24.3 Å². The van der Waals surface area contributed by atoms with Crippen LogP contribution in [0.2, 0.25) is 10.0 Å². The van der Waals surface area contributed by atoms with Crippen molar-refractivity contribution in [3.05, 3.63) is 75.8 Å². The lowest BCUT2D eigenvalue weighted by atomic mass is 10.1. The second kappa shape index (κ2) is 9.68. The minimum absolute atomic E-state index is 0.0710. The first-order valence-corrected chi connectivity index (χ1v) is 9.85. The molecule has 0 aromatic heterocycles. The summed E-state index contributed by atoms with van der Waals surface area (Å²) in [6, 6.07) is 13.4. The molecular weight excluding hydrogens is 445 g/mol. The van der Waals surface area contributed by atoms with Crippen LogP contribution in [0.15, 0.2) is 54.6 Å². The second-order valence-electron chi connectivity index (χ2n) is 6.70. The first-order chi connectivity index (χ1) is 14.7. The van der Waals surface area contributed by atoms with E-state index < -0.39 is 30.5 Å². The Morgan fingerprint density at radius 2 is 1.71 bits per heavy atom. The summed E-state index contributed by atoms with van der Waals surface area (Å²) in [4.78, 5) is 35.3. The molecule has 1 atom stereocenters. The van der Waals surface area contributed by atoms with Gasteiger partial charge in [-0.05, 0) is 35.2 Å². The zero-order valence-corrected chi connectivity index (χ0v) is 17.5. The van der Waals surface area contributed by atoms with Crippen LogP contribution in [0.5, 0.6) is 5.75 Å². The van der Waals surface area contributed by atoms with E-state index in [-0.39, 0.29) is 22.8 Å². The van der Waals surface area contributed by atoms with E-state index >= 15 is 0 Å². The third-order valence-electron chi connectivity index (χ3n) is 4.45. The monoisotopic (exact) mass is 461 g/mol. The fourth-order valence-electron chi connectivity index (χ4n) is 3.06. The number of nitrogens with one attached hydrogen (secondary N) is 1. The van der Waals surface area contributed by atoms with Gasteiger partial charge in [-0.2, -0.15) is 0 Å². The number of benzene rings is 3. The van der Waals surface area contributed by atoms with Crippen molar-refractivity contribution >= 4 is 51.8 Å². The molecule has 0 spiro atoms. The van der Waals surface area contributed by atoms with E-state index in [1.54, 1.807) is 30.3 Å². The molecule has 3 N–H and O–H groups in total. The smallest absolute Gasteiger partial charge is 0.335 e. The fourth-order valence-corrected chi connectivity index (χ4v) is 3.66. The molecular formula is C22H17Cl2NO6. The van der Waals surface area contributed by atoms with Gasteiger partial charge in [-0.1, -0.05) is 53.5 Å². The number of fused-ring (bicyclic) bond motifs is 1. The van der Waals surface area contributed by atoms with E-state index in [1.807, 2.05) is 0 Å². The van der Waals surface area contributed by atoms with Crippen LogP contribution >= 0.6 is 23.2 Å². The molecule has 3 rings (SSSR count). The van der Waals surface area contributed by atoms with Gasteiger partial charge in [0, 0.05) is 16.8 Å². The summed E-state index contributed by atoms with van der Waals surface area (Å²) in [5.41, 5.74) is 0.675. The number of carbonyl (C=O) groups is 3. The van der Waals surface area contributed by atoms with Gasteiger partial charge in [0.2, 0.25) is 0 Å². The zero-order chi connectivity index (χ0) is 22.5.